The van der Waals surface area contributed by atoms with Crippen molar-refractivity contribution >= 4 is 23.0 Å². The number of aromatic nitrogens is 2. The van der Waals surface area contributed by atoms with Gasteiger partial charge in [0.25, 0.3) is 5.91 Å². The fourth-order valence-corrected chi connectivity index (χ4v) is 3.92. The maximum atomic E-state index is 13.3. The molecule has 1 aromatic heterocycles. The van der Waals surface area contributed by atoms with Gasteiger partial charge in [0.05, 0.1) is 17.6 Å². The molecule has 6 N–H and O–H groups in total. The molecule has 3 rings (SSSR count). The van der Waals surface area contributed by atoms with Crippen molar-refractivity contribution in [2.45, 2.75) is 66.5 Å². The van der Waals surface area contributed by atoms with Crippen molar-refractivity contribution in [3.8, 4) is 0 Å². The number of anilines is 2. The second-order valence-electron chi connectivity index (χ2n) is 10.9. The second-order valence-corrected chi connectivity index (χ2v) is 10.9. The highest BCUT2D eigenvalue weighted by Crippen LogP contribution is 2.28. The average molecular weight is 504 g/mol. The molecule has 1 heterocycles. The molecule has 0 spiro atoms. The molecule has 0 fully saturated rings. The Morgan fingerprint density at radius 2 is 1.86 bits per heavy atom. The maximum absolute atomic E-state index is 13.3. The molecule has 0 aliphatic rings. The number of rotatable bonds is 8. The van der Waals surface area contributed by atoms with Crippen molar-refractivity contribution in [1.82, 2.24) is 15.1 Å². The third-order valence-corrected chi connectivity index (χ3v) is 6.41. The number of amides is 1. The van der Waals surface area contributed by atoms with Gasteiger partial charge in [-0.2, -0.15) is 5.10 Å². The number of aryl methyl sites for hydroxylation is 2. The van der Waals surface area contributed by atoms with E-state index in [1.165, 1.54) is 5.01 Å². The number of nitrogens with two attached hydrogens (primary N) is 2. The molecule has 8 nitrogen and oxygen atoms in total. The smallest absolute Gasteiger partial charge is 0.255 e. The minimum Gasteiger partial charge on any atom is -0.397 e. The molecular formula is C29H41N7O. The first kappa shape index (κ1) is 28.0. The summed E-state index contributed by atoms with van der Waals surface area (Å²) >= 11 is 0. The van der Waals surface area contributed by atoms with Gasteiger partial charge in [-0.25, -0.2) is 5.84 Å². The molecule has 0 unspecified atom stereocenters. The van der Waals surface area contributed by atoms with Crippen molar-refractivity contribution < 1.29 is 4.79 Å². The minimum atomic E-state index is -0.205. The summed E-state index contributed by atoms with van der Waals surface area (Å²) in [5.74, 6) is 6.16. The fraction of sp³-hybridized carbons (Fsp3) is 0.379. The van der Waals surface area contributed by atoms with Crippen LogP contribution in [0.3, 0.4) is 0 Å². The van der Waals surface area contributed by atoms with Gasteiger partial charge in [-0.15, -0.1) is 0 Å². The Morgan fingerprint density at radius 1 is 1.16 bits per heavy atom. The molecule has 0 saturated heterocycles. The van der Waals surface area contributed by atoms with Gasteiger partial charge in [-0.05, 0) is 60.2 Å². The number of hydrazine groups is 1. The molecular weight excluding hydrogens is 462 g/mol. The quantitative estimate of drug-likeness (QED) is 0.261. The highest BCUT2D eigenvalue weighted by molar-refractivity contribution is 6.05. The number of benzene rings is 2. The summed E-state index contributed by atoms with van der Waals surface area (Å²) in [6.07, 6.45) is 3.36. The van der Waals surface area contributed by atoms with Crippen LogP contribution >= 0.6 is 0 Å². The molecule has 0 aliphatic heterocycles. The lowest BCUT2D eigenvalue weighted by Crippen LogP contribution is -2.27. The monoisotopic (exact) mass is 503 g/mol. The Morgan fingerprint density at radius 3 is 2.46 bits per heavy atom. The van der Waals surface area contributed by atoms with Crippen LogP contribution < -0.4 is 27.2 Å². The topological polar surface area (TPSA) is 114 Å². The zero-order chi connectivity index (χ0) is 27.5. The van der Waals surface area contributed by atoms with Crippen LogP contribution in [-0.4, -0.2) is 21.7 Å². The standard InChI is InChI=1S/C29H41N7O/c1-18(2)32-15-21-11-23(29(5,6)7)14-24(12-21)34-28(37)22-10-9-19(3)27(13-22)36(31)17-26(30)25-16-33-35(8)20(25)4/h9-14,16-18,32H,15,30-31H2,1-8H3,(H,34,37)/b26-17-. The van der Waals surface area contributed by atoms with Crippen molar-refractivity contribution in [1.29, 1.82) is 0 Å². The first-order chi connectivity index (χ1) is 17.3. The molecule has 0 saturated carbocycles. The van der Waals surface area contributed by atoms with Crippen LogP contribution in [0.1, 0.15) is 72.9 Å². The van der Waals surface area contributed by atoms with Crippen molar-refractivity contribution in [3.05, 3.63) is 82.3 Å². The van der Waals surface area contributed by atoms with Crippen LogP contribution in [0.4, 0.5) is 11.4 Å². The van der Waals surface area contributed by atoms with Gasteiger partial charge in [0.2, 0.25) is 0 Å². The number of hydrogen-bond acceptors (Lipinski definition) is 6. The van der Waals surface area contributed by atoms with E-state index in [0.717, 1.165) is 40.2 Å². The van der Waals surface area contributed by atoms with E-state index in [1.807, 2.05) is 39.1 Å². The lowest BCUT2D eigenvalue weighted by Gasteiger charge is -2.22. The largest absolute Gasteiger partial charge is 0.397 e. The first-order valence-electron chi connectivity index (χ1n) is 12.6. The molecule has 0 radical (unpaired) electrons. The zero-order valence-corrected chi connectivity index (χ0v) is 23.3. The van der Waals surface area contributed by atoms with Crippen LogP contribution in [-0.2, 0) is 19.0 Å². The fourth-order valence-electron chi connectivity index (χ4n) is 3.92. The summed E-state index contributed by atoms with van der Waals surface area (Å²) in [6.45, 7) is 15.4. The van der Waals surface area contributed by atoms with Gasteiger partial charge < -0.3 is 16.4 Å². The number of hydrogen-bond donors (Lipinski definition) is 4. The van der Waals surface area contributed by atoms with Crippen molar-refractivity contribution in [2.24, 2.45) is 18.6 Å². The highest BCUT2D eigenvalue weighted by atomic mass is 16.1. The third-order valence-electron chi connectivity index (χ3n) is 6.41. The van der Waals surface area contributed by atoms with E-state index < -0.39 is 0 Å². The van der Waals surface area contributed by atoms with Gasteiger partial charge in [0.15, 0.2) is 0 Å². The SMILES string of the molecule is Cc1ccc(C(=O)Nc2cc(CNC(C)C)cc(C(C)(C)C)c2)cc1N(N)/C=C(\N)c1cnn(C)c1C. The lowest BCUT2D eigenvalue weighted by atomic mass is 9.85. The molecule has 198 valence electrons. The normalized spacial score (nSPS) is 12.2. The Hall–Kier alpha value is -3.62. The summed E-state index contributed by atoms with van der Waals surface area (Å²) < 4.78 is 1.76. The molecule has 2 aromatic carbocycles. The van der Waals surface area contributed by atoms with Crippen LogP contribution in [0.15, 0.2) is 48.8 Å². The first-order valence-corrected chi connectivity index (χ1v) is 12.6. The third kappa shape index (κ3) is 6.99. The summed E-state index contributed by atoms with van der Waals surface area (Å²) in [4.78, 5) is 13.3. The van der Waals surface area contributed by atoms with Crippen molar-refractivity contribution in [3.63, 3.8) is 0 Å². The van der Waals surface area contributed by atoms with E-state index in [1.54, 1.807) is 29.2 Å². The Kier molecular flexibility index (Phi) is 8.46. The van der Waals surface area contributed by atoms with Gasteiger partial charge in [0, 0.05) is 48.3 Å². The predicted octanol–water partition coefficient (Wildman–Crippen LogP) is 4.72. The van der Waals surface area contributed by atoms with E-state index >= 15 is 0 Å². The highest BCUT2D eigenvalue weighted by Gasteiger charge is 2.18. The summed E-state index contributed by atoms with van der Waals surface area (Å²) in [6, 6.07) is 12.1. The van der Waals surface area contributed by atoms with Crippen LogP contribution in [0.25, 0.3) is 5.70 Å². The Balaban J connectivity index is 1.87. The number of nitrogens with zero attached hydrogens (tertiary/aromatic N) is 3. The minimum absolute atomic E-state index is 0.0523. The summed E-state index contributed by atoms with van der Waals surface area (Å²) in [5, 5.41) is 12.2. The number of nitrogens with one attached hydrogen (secondary N) is 2. The van der Waals surface area contributed by atoms with Crippen LogP contribution in [0, 0.1) is 13.8 Å². The van der Waals surface area contributed by atoms with Gasteiger partial charge in [0.1, 0.15) is 0 Å². The molecule has 0 aliphatic carbocycles. The van der Waals surface area contributed by atoms with E-state index in [0.29, 0.717) is 23.0 Å². The van der Waals surface area contributed by atoms with Crippen molar-refractivity contribution in [2.75, 3.05) is 10.3 Å². The average Bonchev–Trinajstić information content (AvgIpc) is 3.15. The molecule has 0 bridgehead atoms. The van der Waals surface area contributed by atoms with Gasteiger partial charge >= 0.3 is 0 Å². The summed E-state index contributed by atoms with van der Waals surface area (Å²) in [5.41, 5.74) is 13.6. The Labute approximate surface area is 220 Å². The zero-order valence-electron chi connectivity index (χ0n) is 23.3. The molecule has 1 amide bonds. The van der Waals surface area contributed by atoms with Crippen LogP contribution in [0.5, 0.6) is 0 Å². The number of carbonyl (C=O) groups excluding carboxylic acids is 1. The van der Waals surface area contributed by atoms with E-state index in [2.05, 4.69) is 56.4 Å². The lowest BCUT2D eigenvalue weighted by molar-refractivity contribution is 0.102. The Bertz CT molecular complexity index is 1300. The van der Waals surface area contributed by atoms with E-state index in [-0.39, 0.29) is 11.3 Å². The maximum Gasteiger partial charge on any atom is 0.255 e. The summed E-state index contributed by atoms with van der Waals surface area (Å²) in [7, 11) is 1.86. The molecule has 37 heavy (non-hydrogen) atoms. The molecule has 8 heteroatoms. The van der Waals surface area contributed by atoms with E-state index in [9.17, 15) is 4.79 Å². The van der Waals surface area contributed by atoms with Gasteiger partial charge in [-0.3, -0.25) is 14.5 Å². The molecule has 3 aromatic rings. The van der Waals surface area contributed by atoms with Gasteiger partial charge in [-0.1, -0.05) is 46.8 Å². The predicted molar refractivity (Wildman–Crippen MR) is 153 cm³/mol. The second kappa shape index (κ2) is 11.2. The number of carbonyl (C=O) groups is 1. The van der Waals surface area contributed by atoms with Crippen LogP contribution in [0.2, 0.25) is 0 Å². The molecule has 0 atom stereocenters. The van der Waals surface area contributed by atoms with E-state index in [4.69, 9.17) is 11.6 Å².